The number of nitrogens with zero attached hydrogens (tertiary/aromatic N) is 1. The zero-order chi connectivity index (χ0) is 17.1. The van der Waals surface area contributed by atoms with Gasteiger partial charge in [-0.25, -0.2) is 8.78 Å². The second-order valence-electron chi connectivity index (χ2n) is 5.72. The molecule has 1 amide bonds. The molecule has 1 atom stereocenters. The summed E-state index contributed by atoms with van der Waals surface area (Å²) in [6.07, 6.45) is 1.83. The Morgan fingerprint density at radius 2 is 1.96 bits per heavy atom. The molecule has 0 saturated carbocycles. The maximum Gasteiger partial charge on any atom is 0.237 e. The molecule has 5 heteroatoms. The maximum atomic E-state index is 14.1. The van der Waals surface area contributed by atoms with Gasteiger partial charge in [-0.15, -0.1) is 0 Å². The zero-order valence-electron chi connectivity index (χ0n) is 13.3. The van der Waals surface area contributed by atoms with Gasteiger partial charge in [0.2, 0.25) is 5.91 Å². The van der Waals surface area contributed by atoms with Crippen molar-refractivity contribution in [3.8, 4) is 0 Å². The summed E-state index contributed by atoms with van der Waals surface area (Å²) < 4.78 is 27.6. The van der Waals surface area contributed by atoms with E-state index in [4.69, 9.17) is 0 Å². The van der Waals surface area contributed by atoms with Crippen LogP contribution >= 0.6 is 0 Å². The number of carbonyl (C=O) groups excluding carboxylic acids is 1. The SMILES string of the molecule is CNCC(=O)N1CC(c2cc(F)ccc2F)=CC1c1ccccc1. The molecule has 0 spiro atoms. The van der Waals surface area contributed by atoms with Crippen LogP contribution in [0, 0.1) is 11.6 Å². The molecule has 1 aliphatic rings. The number of halogens is 2. The van der Waals surface area contributed by atoms with Crippen molar-refractivity contribution in [2.45, 2.75) is 6.04 Å². The summed E-state index contributed by atoms with van der Waals surface area (Å²) in [4.78, 5) is 14.1. The van der Waals surface area contributed by atoms with Crippen LogP contribution in [0.25, 0.3) is 5.57 Å². The highest BCUT2D eigenvalue weighted by molar-refractivity contribution is 5.84. The van der Waals surface area contributed by atoms with Gasteiger partial charge in [-0.3, -0.25) is 4.79 Å². The number of hydrogen-bond donors (Lipinski definition) is 1. The van der Waals surface area contributed by atoms with Crippen molar-refractivity contribution in [3.63, 3.8) is 0 Å². The normalized spacial score (nSPS) is 17.0. The molecule has 0 radical (unpaired) electrons. The van der Waals surface area contributed by atoms with Crippen molar-refractivity contribution in [1.82, 2.24) is 10.2 Å². The monoisotopic (exact) mass is 328 g/mol. The van der Waals surface area contributed by atoms with E-state index in [9.17, 15) is 13.6 Å². The Kier molecular flexibility index (Phi) is 4.71. The summed E-state index contributed by atoms with van der Waals surface area (Å²) >= 11 is 0. The lowest BCUT2D eigenvalue weighted by molar-refractivity contribution is -0.130. The van der Waals surface area contributed by atoms with Crippen molar-refractivity contribution < 1.29 is 13.6 Å². The highest BCUT2D eigenvalue weighted by Gasteiger charge is 2.31. The number of amides is 1. The van der Waals surface area contributed by atoms with Crippen LogP contribution in [0.3, 0.4) is 0 Å². The molecule has 2 aromatic rings. The van der Waals surface area contributed by atoms with Gasteiger partial charge in [0.05, 0.1) is 12.6 Å². The molecule has 1 unspecified atom stereocenters. The largest absolute Gasteiger partial charge is 0.327 e. The first-order chi connectivity index (χ1) is 11.6. The van der Waals surface area contributed by atoms with Gasteiger partial charge in [-0.2, -0.15) is 0 Å². The molecule has 2 aromatic carbocycles. The highest BCUT2D eigenvalue weighted by Crippen LogP contribution is 2.35. The van der Waals surface area contributed by atoms with Crippen LogP contribution in [0.15, 0.2) is 54.6 Å². The van der Waals surface area contributed by atoms with Crippen molar-refractivity contribution in [3.05, 3.63) is 77.4 Å². The topological polar surface area (TPSA) is 32.3 Å². The number of rotatable bonds is 4. The number of carbonyl (C=O) groups is 1. The van der Waals surface area contributed by atoms with E-state index in [2.05, 4.69) is 5.32 Å². The molecule has 0 aromatic heterocycles. The van der Waals surface area contributed by atoms with E-state index in [-0.39, 0.29) is 30.6 Å². The molecule has 3 nitrogen and oxygen atoms in total. The third-order valence-electron chi connectivity index (χ3n) is 4.10. The maximum absolute atomic E-state index is 14.1. The zero-order valence-corrected chi connectivity index (χ0v) is 13.3. The van der Waals surface area contributed by atoms with E-state index in [1.807, 2.05) is 36.4 Å². The Morgan fingerprint density at radius 3 is 2.67 bits per heavy atom. The Morgan fingerprint density at radius 1 is 1.21 bits per heavy atom. The minimum Gasteiger partial charge on any atom is -0.327 e. The molecule has 1 aliphatic heterocycles. The van der Waals surface area contributed by atoms with Gasteiger partial charge in [0, 0.05) is 12.1 Å². The summed E-state index contributed by atoms with van der Waals surface area (Å²) in [7, 11) is 1.70. The second-order valence-corrected chi connectivity index (χ2v) is 5.72. The smallest absolute Gasteiger partial charge is 0.237 e. The standard InChI is InChI=1S/C19H18F2N2O/c1-22-11-19(24)23-12-14(16-10-15(20)7-8-17(16)21)9-18(23)13-5-3-2-4-6-13/h2-10,18,22H,11-12H2,1H3. The van der Waals surface area contributed by atoms with Crippen molar-refractivity contribution in [2.75, 3.05) is 20.1 Å². The molecule has 1 heterocycles. The lowest BCUT2D eigenvalue weighted by atomic mass is 10.0. The average Bonchev–Trinajstić information content (AvgIpc) is 3.03. The Bertz CT molecular complexity index is 774. The van der Waals surface area contributed by atoms with Gasteiger partial charge in [-0.1, -0.05) is 36.4 Å². The number of hydrogen-bond acceptors (Lipinski definition) is 2. The summed E-state index contributed by atoms with van der Waals surface area (Å²) in [5.74, 6) is -1.07. The Balaban J connectivity index is 2.00. The molecule has 0 bridgehead atoms. The van der Waals surface area contributed by atoms with Crippen LogP contribution in [0.4, 0.5) is 8.78 Å². The number of nitrogens with one attached hydrogen (secondary N) is 1. The fourth-order valence-corrected chi connectivity index (χ4v) is 2.96. The van der Waals surface area contributed by atoms with Gasteiger partial charge >= 0.3 is 0 Å². The fraction of sp³-hybridized carbons (Fsp3) is 0.211. The third-order valence-corrected chi connectivity index (χ3v) is 4.10. The van der Waals surface area contributed by atoms with Gasteiger partial charge in [0.1, 0.15) is 11.6 Å². The first-order valence-electron chi connectivity index (χ1n) is 7.75. The molecule has 3 rings (SSSR count). The van der Waals surface area contributed by atoms with Crippen LogP contribution in [0.2, 0.25) is 0 Å². The molecule has 0 saturated heterocycles. The lowest BCUT2D eigenvalue weighted by Crippen LogP contribution is -2.37. The van der Waals surface area contributed by atoms with E-state index < -0.39 is 11.6 Å². The Hall–Kier alpha value is -2.53. The van der Waals surface area contributed by atoms with Crippen LogP contribution in [-0.4, -0.2) is 30.9 Å². The van der Waals surface area contributed by atoms with Crippen molar-refractivity contribution in [2.24, 2.45) is 0 Å². The van der Waals surface area contributed by atoms with Gasteiger partial charge in [0.25, 0.3) is 0 Å². The first kappa shape index (κ1) is 16.3. The molecule has 124 valence electrons. The van der Waals surface area contributed by atoms with E-state index in [1.54, 1.807) is 11.9 Å². The lowest BCUT2D eigenvalue weighted by Gasteiger charge is -2.25. The second kappa shape index (κ2) is 6.93. The predicted molar refractivity (Wildman–Crippen MR) is 89.2 cm³/mol. The summed E-state index contributed by atoms with van der Waals surface area (Å²) in [6, 6.07) is 12.6. The van der Waals surface area contributed by atoms with Crippen LogP contribution in [0.5, 0.6) is 0 Å². The minimum atomic E-state index is -0.497. The predicted octanol–water partition coefficient (Wildman–Crippen LogP) is 3.15. The number of benzene rings is 2. The van der Waals surface area contributed by atoms with Gasteiger partial charge in [-0.05, 0) is 36.4 Å². The molecule has 0 aliphatic carbocycles. The average molecular weight is 328 g/mol. The summed E-state index contributed by atoms with van der Waals surface area (Å²) in [6.45, 7) is 0.441. The first-order valence-corrected chi connectivity index (χ1v) is 7.75. The minimum absolute atomic E-state index is 0.0885. The van der Waals surface area contributed by atoms with Crippen LogP contribution in [-0.2, 0) is 4.79 Å². The summed E-state index contributed by atoms with van der Waals surface area (Å²) in [5, 5.41) is 2.84. The number of likely N-dealkylation sites (N-methyl/N-ethyl adjacent to an activating group) is 1. The highest BCUT2D eigenvalue weighted by atomic mass is 19.1. The third kappa shape index (κ3) is 3.21. The van der Waals surface area contributed by atoms with Crippen molar-refractivity contribution in [1.29, 1.82) is 0 Å². The van der Waals surface area contributed by atoms with E-state index in [1.165, 1.54) is 6.07 Å². The van der Waals surface area contributed by atoms with E-state index >= 15 is 0 Å². The molecular formula is C19H18F2N2O. The van der Waals surface area contributed by atoms with Gasteiger partial charge < -0.3 is 10.2 Å². The molecule has 24 heavy (non-hydrogen) atoms. The molecule has 0 fully saturated rings. The van der Waals surface area contributed by atoms with Crippen LogP contribution < -0.4 is 5.32 Å². The van der Waals surface area contributed by atoms with E-state index in [0.717, 1.165) is 17.7 Å². The van der Waals surface area contributed by atoms with Crippen molar-refractivity contribution >= 4 is 11.5 Å². The molecular weight excluding hydrogens is 310 g/mol. The Labute approximate surface area is 139 Å². The summed E-state index contributed by atoms with van der Waals surface area (Å²) in [5.41, 5.74) is 1.76. The van der Waals surface area contributed by atoms with E-state index in [0.29, 0.717) is 5.57 Å². The molecule has 1 N–H and O–H groups in total. The van der Waals surface area contributed by atoms with Gasteiger partial charge in [0.15, 0.2) is 0 Å². The quantitative estimate of drug-likeness (QED) is 0.935. The van der Waals surface area contributed by atoms with Crippen LogP contribution in [0.1, 0.15) is 17.2 Å². The fourth-order valence-electron chi connectivity index (χ4n) is 2.96.